The van der Waals surface area contributed by atoms with Crippen molar-refractivity contribution in [1.29, 1.82) is 0 Å². The van der Waals surface area contributed by atoms with Gasteiger partial charge in [-0.1, -0.05) is 42.1 Å². The van der Waals surface area contributed by atoms with E-state index in [0.717, 1.165) is 5.56 Å². The smallest absolute Gasteiger partial charge is 0.306 e. The Morgan fingerprint density at radius 2 is 1.81 bits per heavy atom. The lowest BCUT2D eigenvalue weighted by Crippen LogP contribution is -2.24. The highest BCUT2D eigenvalue weighted by molar-refractivity contribution is 8.11. The quantitative estimate of drug-likeness (QED) is 0.339. The van der Waals surface area contributed by atoms with Gasteiger partial charge in [0.2, 0.25) is 0 Å². The van der Waals surface area contributed by atoms with Crippen molar-refractivity contribution in [1.82, 2.24) is 0 Å². The van der Waals surface area contributed by atoms with Crippen molar-refractivity contribution in [3.05, 3.63) is 35.9 Å². The Kier molecular flexibility index (Phi) is 9.48. The molecule has 0 aliphatic carbocycles. The van der Waals surface area contributed by atoms with Crippen LogP contribution < -0.4 is 0 Å². The summed E-state index contributed by atoms with van der Waals surface area (Å²) in [6, 6.07) is 9.53. The molecule has 7 nitrogen and oxygen atoms in total. The topological polar surface area (TPSA) is 121 Å². The Labute approximate surface area is 157 Å². The van der Waals surface area contributed by atoms with E-state index in [2.05, 4.69) is 0 Å². The molecule has 0 heterocycles. The molecule has 1 aromatic carbocycles. The van der Waals surface area contributed by atoms with E-state index in [4.69, 9.17) is 21.7 Å². The lowest BCUT2D eigenvalue weighted by molar-refractivity contribution is -0.142. The fourth-order valence-corrected chi connectivity index (χ4v) is 5.70. The maximum Gasteiger partial charge on any atom is 0.306 e. The number of carboxylic acid groups (broad SMARTS) is 2. The van der Waals surface area contributed by atoms with Gasteiger partial charge < -0.3 is 19.8 Å². The van der Waals surface area contributed by atoms with Crippen molar-refractivity contribution in [2.24, 2.45) is 5.92 Å². The number of carboxylic acids is 2. The first kappa shape index (κ1) is 22.3. The zero-order chi connectivity index (χ0) is 19.6. The van der Waals surface area contributed by atoms with E-state index >= 15 is 0 Å². The SMILES string of the molecule is O=COC(CCc1ccccc1)CP(O)(=S)CC(CCC(=O)O)C(=O)O. The fourth-order valence-electron chi connectivity index (χ4n) is 2.58. The zero-order valence-corrected chi connectivity index (χ0v) is 15.9. The molecule has 0 aromatic heterocycles. The van der Waals surface area contributed by atoms with Crippen LogP contribution in [0.1, 0.15) is 24.8 Å². The molecular weight excluding hydrogens is 379 g/mol. The second-order valence-corrected chi connectivity index (χ2v) is 10.5. The average molecular weight is 402 g/mol. The molecule has 0 radical (unpaired) electrons. The third-order valence-electron chi connectivity index (χ3n) is 3.90. The third-order valence-corrected chi connectivity index (χ3v) is 6.78. The van der Waals surface area contributed by atoms with Gasteiger partial charge in [-0.2, -0.15) is 0 Å². The van der Waals surface area contributed by atoms with E-state index in [-0.39, 0.29) is 25.2 Å². The van der Waals surface area contributed by atoms with Gasteiger partial charge in [0.1, 0.15) is 6.10 Å². The van der Waals surface area contributed by atoms with Crippen molar-refractivity contribution in [2.75, 3.05) is 12.3 Å². The second-order valence-electron chi connectivity index (χ2n) is 6.06. The highest BCUT2D eigenvalue weighted by atomic mass is 32.4. The number of carbonyl (C=O) groups excluding carboxylic acids is 1. The number of benzene rings is 1. The number of aliphatic carboxylic acids is 2. The lowest BCUT2D eigenvalue weighted by atomic mass is 10.1. The number of rotatable bonds is 13. The second kappa shape index (κ2) is 11.1. The number of ether oxygens (including phenoxy) is 1. The maximum absolute atomic E-state index is 11.3. The summed E-state index contributed by atoms with van der Waals surface area (Å²) < 4.78 is 5.02. The Hall–Kier alpha value is -1.76. The summed E-state index contributed by atoms with van der Waals surface area (Å²) >= 11 is 5.20. The molecule has 0 aliphatic heterocycles. The fraction of sp³-hybridized carbons (Fsp3) is 0.471. The van der Waals surface area contributed by atoms with Crippen LogP contribution in [0.5, 0.6) is 0 Å². The van der Waals surface area contributed by atoms with Crippen molar-refractivity contribution in [3.63, 3.8) is 0 Å². The third kappa shape index (κ3) is 9.08. The van der Waals surface area contributed by atoms with Gasteiger partial charge >= 0.3 is 11.9 Å². The average Bonchev–Trinajstić information content (AvgIpc) is 2.57. The molecule has 0 fully saturated rings. The van der Waals surface area contributed by atoms with Crippen LogP contribution in [0.4, 0.5) is 0 Å². The summed E-state index contributed by atoms with van der Waals surface area (Å²) in [6.45, 7) is 0.296. The number of hydrogen-bond acceptors (Lipinski definition) is 5. The summed E-state index contributed by atoms with van der Waals surface area (Å²) in [5.74, 6) is -3.33. The molecule has 1 rings (SSSR count). The van der Waals surface area contributed by atoms with Crippen LogP contribution in [0.3, 0.4) is 0 Å². The Bertz CT molecular complexity index is 650. The largest absolute Gasteiger partial charge is 0.481 e. The predicted molar refractivity (Wildman–Crippen MR) is 99.9 cm³/mol. The molecule has 1 aromatic rings. The molecule has 3 unspecified atom stereocenters. The molecule has 9 heteroatoms. The van der Waals surface area contributed by atoms with Crippen molar-refractivity contribution < 1.29 is 34.2 Å². The van der Waals surface area contributed by atoms with Gasteiger partial charge in [-0.05, 0) is 24.8 Å². The molecule has 3 atom stereocenters. The first-order valence-corrected chi connectivity index (χ1v) is 11.2. The van der Waals surface area contributed by atoms with Gasteiger partial charge in [0, 0.05) is 18.7 Å². The van der Waals surface area contributed by atoms with Crippen molar-refractivity contribution in [2.45, 2.75) is 31.8 Å². The molecular formula is C17H23O7PS. The summed E-state index contributed by atoms with van der Waals surface area (Å²) in [5.41, 5.74) is 1.04. The van der Waals surface area contributed by atoms with Gasteiger partial charge in [0.25, 0.3) is 6.47 Å². The molecule has 0 saturated heterocycles. The van der Waals surface area contributed by atoms with Crippen LogP contribution in [0.25, 0.3) is 0 Å². The Morgan fingerprint density at radius 1 is 1.15 bits per heavy atom. The molecule has 0 spiro atoms. The monoisotopic (exact) mass is 402 g/mol. The van der Waals surface area contributed by atoms with Crippen LogP contribution in [-0.2, 0) is 37.3 Å². The minimum atomic E-state index is -3.09. The van der Waals surface area contributed by atoms with Crippen LogP contribution in [-0.4, -0.2) is 51.9 Å². The van der Waals surface area contributed by atoms with Crippen LogP contribution in [0.15, 0.2) is 30.3 Å². The Balaban J connectivity index is 2.67. The summed E-state index contributed by atoms with van der Waals surface area (Å²) in [7, 11) is 0. The summed E-state index contributed by atoms with van der Waals surface area (Å²) in [6.07, 6.45) is -3.23. The molecule has 0 amide bonds. The lowest BCUT2D eigenvalue weighted by Gasteiger charge is -2.24. The summed E-state index contributed by atoms with van der Waals surface area (Å²) in [4.78, 5) is 43.2. The Morgan fingerprint density at radius 3 is 2.35 bits per heavy atom. The van der Waals surface area contributed by atoms with Gasteiger partial charge in [-0.25, -0.2) is 0 Å². The van der Waals surface area contributed by atoms with Crippen molar-refractivity contribution >= 4 is 36.5 Å². The number of hydrogen-bond donors (Lipinski definition) is 3. The summed E-state index contributed by atoms with van der Waals surface area (Å²) in [5, 5.41) is 17.9. The first-order chi connectivity index (χ1) is 12.2. The molecule has 0 saturated carbocycles. The molecule has 26 heavy (non-hydrogen) atoms. The molecule has 3 N–H and O–H groups in total. The van der Waals surface area contributed by atoms with Gasteiger partial charge in [-0.3, -0.25) is 14.4 Å². The molecule has 144 valence electrons. The number of carbonyl (C=O) groups is 3. The van der Waals surface area contributed by atoms with Crippen LogP contribution >= 0.6 is 6.26 Å². The normalized spacial score (nSPS) is 15.4. The van der Waals surface area contributed by atoms with Gasteiger partial charge in [-0.15, -0.1) is 0 Å². The van der Waals surface area contributed by atoms with E-state index in [0.29, 0.717) is 19.3 Å². The molecule has 0 bridgehead atoms. The van der Waals surface area contributed by atoms with Crippen LogP contribution in [0, 0.1) is 5.92 Å². The highest BCUT2D eigenvalue weighted by Crippen LogP contribution is 2.45. The number of aryl methyl sites for hydroxylation is 1. The van der Waals surface area contributed by atoms with E-state index in [1.54, 1.807) is 0 Å². The van der Waals surface area contributed by atoms with Gasteiger partial charge in [0.05, 0.1) is 12.2 Å². The maximum atomic E-state index is 11.3. The van der Waals surface area contributed by atoms with E-state index < -0.39 is 30.2 Å². The predicted octanol–water partition coefficient (Wildman–Crippen LogP) is 2.11. The van der Waals surface area contributed by atoms with Crippen molar-refractivity contribution in [3.8, 4) is 0 Å². The van der Waals surface area contributed by atoms with E-state index in [1.165, 1.54) is 0 Å². The van der Waals surface area contributed by atoms with Crippen LogP contribution in [0.2, 0.25) is 0 Å². The van der Waals surface area contributed by atoms with E-state index in [1.807, 2.05) is 30.3 Å². The minimum absolute atomic E-state index is 0.00472. The first-order valence-electron chi connectivity index (χ1n) is 8.12. The highest BCUT2D eigenvalue weighted by Gasteiger charge is 2.29. The molecule has 0 aliphatic rings. The minimum Gasteiger partial charge on any atom is -0.481 e. The zero-order valence-electron chi connectivity index (χ0n) is 14.2. The van der Waals surface area contributed by atoms with Gasteiger partial charge in [0.15, 0.2) is 0 Å². The van der Waals surface area contributed by atoms with E-state index in [9.17, 15) is 24.4 Å². The standard InChI is InChI=1S/C17H23O7PS/c18-12-24-15(8-6-13-4-2-1-3-5-13)11-25(23,26)10-14(17(21)22)7-9-16(19)20/h1-5,12,14-15H,6-11H2,(H,19,20)(H,21,22)(H,23,26).